The number of benzene rings is 1. The third kappa shape index (κ3) is 2.27. The topological polar surface area (TPSA) is 62.3 Å². The first-order valence-corrected chi connectivity index (χ1v) is 6.72. The Bertz CT molecular complexity index is 713. The highest BCUT2D eigenvalue weighted by Crippen LogP contribution is 2.26. The van der Waals surface area contributed by atoms with Crippen LogP contribution in [0.4, 0.5) is 5.69 Å². The Labute approximate surface area is 122 Å². The molecule has 1 unspecified atom stereocenters. The van der Waals surface area contributed by atoms with Gasteiger partial charge in [-0.1, -0.05) is 6.07 Å². The van der Waals surface area contributed by atoms with E-state index in [1.54, 1.807) is 18.3 Å². The van der Waals surface area contributed by atoms with Gasteiger partial charge >= 0.3 is 0 Å². The van der Waals surface area contributed by atoms with E-state index >= 15 is 0 Å². The van der Waals surface area contributed by atoms with E-state index in [0.29, 0.717) is 11.1 Å². The van der Waals surface area contributed by atoms with Gasteiger partial charge in [0.05, 0.1) is 22.9 Å². The minimum atomic E-state index is -0.260. The number of pyridine rings is 1. The van der Waals surface area contributed by atoms with Crippen molar-refractivity contribution in [3.8, 4) is 0 Å². The van der Waals surface area contributed by atoms with E-state index in [1.165, 1.54) is 7.05 Å². The van der Waals surface area contributed by atoms with Gasteiger partial charge in [0.1, 0.15) is 0 Å². The van der Waals surface area contributed by atoms with Crippen molar-refractivity contribution in [2.45, 2.75) is 13.0 Å². The average molecular weight is 281 g/mol. The van der Waals surface area contributed by atoms with Crippen molar-refractivity contribution in [2.24, 2.45) is 0 Å². The first kappa shape index (κ1) is 13.3. The number of nitrogens with zero attached hydrogens (tertiary/aromatic N) is 2. The van der Waals surface area contributed by atoms with Crippen LogP contribution in [0, 0.1) is 0 Å². The van der Waals surface area contributed by atoms with E-state index in [-0.39, 0.29) is 17.9 Å². The number of rotatable bonds is 3. The molecule has 3 rings (SSSR count). The quantitative estimate of drug-likeness (QED) is 0.878. The Morgan fingerprint density at radius 2 is 1.86 bits per heavy atom. The molecule has 1 N–H and O–H groups in total. The number of carbonyl (C=O) groups excluding carboxylic acids is 2. The summed E-state index contributed by atoms with van der Waals surface area (Å²) in [5, 5.41) is 3.29. The highest BCUT2D eigenvalue weighted by atomic mass is 16.2. The zero-order chi connectivity index (χ0) is 15.0. The third-order valence-corrected chi connectivity index (χ3v) is 3.60. The maximum Gasteiger partial charge on any atom is 0.261 e. The van der Waals surface area contributed by atoms with Crippen molar-refractivity contribution < 1.29 is 9.59 Å². The maximum atomic E-state index is 12.0. The summed E-state index contributed by atoms with van der Waals surface area (Å²) in [5.74, 6) is -0.511. The standard InChI is InChI=1S/C16H15N3O2/c1-10(14-5-3-4-8-17-14)18-11-6-7-12-13(9-11)16(21)19(2)15(12)20/h3-10,18H,1-2H3. The maximum absolute atomic E-state index is 12.0. The molecule has 1 aliphatic rings. The fourth-order valence-electron chi connectivity index (χ4n) is 2.41. The number of amides is 2. The van der Waals surface area contributed by atoms with Gasteiger partial charge in [-0.05, 0) is 37.3 Å². The Hall–Kier alpha value is -2.69. The van der Waals surface area contributed by atoms with Crippen molar-refractivity contribution in [1.82, 2.24) is 9.88 Å². The lowest BCUT2D eigenvalue weighted by molar-refractivity contribution is 0.0693. The third-order valence-electron chi connectivity index (χ3n) is 3.60. The van der Waals surface area contributed by atoms with E-state index in [2.05, 4.69) is 10.3 Å². The largest absolute Gasteiger partial charge is 0.377 e. The summed E-state index contributed by atoms with van der Waals surface area (Å²) >= 11 is 0. The zero-order valence-corrected chi connectivity index (χ0v) is 11.8. The first-order chi connectivity index (χ1) is 10.1. The van der Waals surface area contributed by atoms with Gasteiger partial charge in [0.2, 0.25) is 0 Å². The predicted molar refractivity (Wildman–Crippen MR) is 79.1 cm³/mol. The van der Waals surface area contributed by atoms with Crippen molar-refractivity contribution >= 4 is 17.5 Å². The molecule has 5 heteroatoms. The monoisotopic (exact) mass is 281 g/mol. The van der Waals surface area contributed by atoms with Crippen LogP contribution in [0.5, 0.6) is 0 Å². The Morgan fingerprint density at radius 1 is 1.10 bits per heavy atom. The molecule has 5 nitrogen and oxygen atoms in total. The lowest BCUT2D eigenvalue weighted by atomic mass is 10.1. The molecule has 2 amide bonds. The molecule has 1 atom stereocenters. The fourth-order valence-corrected chi connectivity index (χ4v) is 2.41. The molecular formula is C16H15N3O2. The smallest absolute Gasteiger partial charge is 0.261 e. The molecule has 1 aromatic heterocycles. The summed E-state index contributed by atoms with van der Waals surface area (Å²) < 4.78 is 0. The Kier molecular flexibility index (Phi) is 3.17. The molecule has 0 bridgehead atoms. The summed E-state index contributed by atoms with van der Waals surface area (Å²) in [4.78, 5) is 29.2. The van der Waals surface area contributed by atoms with Gasteiger partial charge in [-0.3, -0.25) is 19.5 Å². The van der Waals surface area contributed by atoms with Crippen LogP contribution in [-0.4, -0.2) is 28.7 Å². The Morgan fingerprint density at radius 3 is 2.57 bits per heavy atom. The molecule has 0 aliphatic carbocycles. The number of fused-ring (bicyclic) bond motifs is 1. The number of nitrogens with one attached hydrogen (secondary N) is 1. The fraction of sp³-hybridized carbons (Fsp3) is 0.188. The van der Waals surface area contributed by atoms with Crippen molar-refractivity contribution in [3.05, 3.63) is 59.4 Å². The second-order valence-corrected chi connectivity index (χ2v) is 5.05. The molecule has 1 aliphatic heterocycles. The van der Waals surface area contributed by atoms with Gasteiger partial charge in [0.25, 0.3) is 11.8 Å². The van der Waals surface area contributed by atoms with Crippen LogP contribution in [0.2, 0.25) is 0 Å². The lowest BCUT2D eigenvalue weighted by Crippen LogP contribution is -2.24. The minimum Gasteiger partial charge on any atom is -0.377 e. The molecular weight excluding hydrogens is 266 g/mol. The summed E-state index contributed by atoms with van der Waals surface area (Å²) in [6.45, 7) is 1.99. The Balaban J connectivity index is 1.86. The number of aromatic nitrogens is 1. The number of carbonyl (C=O) groups is 2. The summed E-state index contributed by atoms with van der Waals surface area (Å²) in [6, 6.07) is 11.0. The average Bonchev–Trinajstić information content (AvgIpc) is 2.73. The normalized spacial score (nSPS) is 15.0. The first-order valence-electron chi connectivity index (χ1n) is 6.72. The van der Waals surface area contributed by atoms with Crippen LogP contribution < -0.4 is 5.32 Å². The SMILES string of the molecule is CC(Nc1ccc2c(c1)C(=O)N(C)C2=O)c1ccccn1. The molecule has 0 fully saturated rings. The number of hydrogen-bond donors (Lipinski definition) is 1. The van der Waals surface area contributed by atoms with Gasteiger partial charge in [-0.15, -0.1) is 0 Å². The van der Waals surface area contributed by atoms with E-state index < -0.39 is 0 Å². The second kappa shape index (κ2) is 5.01. The molecule has 2 aromatic rings. The van der Waals surface area contributed by atoms with Crippen molar-refractivity contribution in [1.29, 1.82) is 0 Å². The molecule has 0 saturated carbocycles. The van der Waals surface area contributed by atoms with Crippen LogP contribution in [-0.2, 0) is 0 Å². The van der Waals surface area contributed by atoms with Gasteiger partial charge in [-0.25, -0.2) is 0 Å². The van der Waals surface area contributed by atoms with E-state index in [1.807, 2.05) is 31.2 Å². The van der Waals surface area contributed by atoms with Crippen LogP contribution in [0.15, 0.2) is 42.6 Å². The second-order valence-electron chi connectivity index (χ2n) is 5.05. The van der Waals surface area contributed by atoms with Crippen LogP contribution in [0.1, 0.15) is 39.4 Å². The van der Waals surface area contributed by atoms with E-state index in [4.69, 9.17) is 0 Å². The highest BCUT2D eigenvalue weighted by Gasteiger charge is 2.32. The number of anilines is 1. The van der Waals surface area contributed by atoms with Gasteiger partial charge in [0, 0.05) is 18.9 Å². The summed E-state index contributed by atoms with van der Waals surface area (Å²) in [6.07, 6.45) is 1.74. The van der Waals surface area contributed by atoms with Crippen LogP contribution in [0.3, 0.4) is 0 Å². The van der Waals surface area contributed by atoms with Crippen molar-refractivity contribution in [2.75, 3.05) is 12.4 Å². The molecule has 2 heterocycles. The van der Waals surface area contributed by atoms with Crippen LogP contribution in [0.25, 0.3) is 0 Å². The van der Waals surface area contributed by atoms with E-state index in [0.717, 1.165) is 16.3 Å². The number of imide groups is 1. The van der Waals surface area contributed by atoms with E-state index in [9.17, 15) is 9.59 Å². The lowest BCUT2D eigenvalue weighted by Gasteiger charge is -2.15. The van der Waals surface area contributed by atoms with Gasteiger partial charge in [0.15, 0.2) is 0 Å². The van der Waals surface area contributed by atoms with Crippen molar-refractivity contribution in [3.63, 3.8) is 0 Å². The molecule has 106 valence electrons. The molecule has 0 saturated heterocycles. The summed E-state index contributed by atoms with van der Waals surface area (Å²) in [7, 11) is 1.49. The summed E-state index contributed by atoms with van der Waals surface area (Å²) in [5.41, 5.74) is 2.61. The molecule has 1 aromatic carbocycles. The van der Waals surface area contributed by atoms with Gasteiger partial charge < -0.3 is 5.32 Å². The van der Waals surface area contributed by atoms with Gasteiger partial charge in [-0.2, -0.15) is 0 Å². The predicted octanol–water partition coefficient (Wildman–Crippen LogP) is 2.48. The molecule has 0 spiro atoms. The minimum absolute atomic E-state index is 0.00851. The zero-order valence-electron chi connectivity index (χ0n) is 11.8. The number of hydrogen-bond acceptors (Lipinski definition) is 4. The molecule has 0 radical (unpaired) electrons. The molecule has 21 heavy (non-hydrogen) atoms. The highest BCUT2D eigenvalue weighted by molar-refractivity contribution is 6.21. The van der Waals surface area contributed by atoms with Crippen LogP contribution >= 0.6 is 0 Å².